The van der Waals surface area contributed by atoms with E-state index in [1.54, 1.807) is 54.9 Å². The third-order valence-electron chi connectivity index (χ3n) is 21.5. The number of carboxylic acid groups (broad SMARTS) is 1. The number of nitrogens with one attached hydrogen (secondary N) is 2. The number of allylic oxidation sites excluding steroid dienone is 3. The quantitative estimate of drug-likeness (QED) is 0.0131. The minimum atomic E-state index is -3.63. The van der Waals surface area contributed by atoms with Crippen LogP contribution in [0.4, 0.5) is 31.4 Å². The van der Waals surface area contributed by atoms with Gasteiger partial charge in [-0.1, -0.05) is 18.2 Å². The first-order chi connectivity index (χ1) is 56.9. The Bertz CT molecular complexity index is 4470. The van der Waals surface area contributed by atoms with E-state index in [1.807, 2.05) is 132 Å². The van der Waals surface area contributed by atoms with Gasteiger partial charge in [0.05, 0.1) is 22.8 Å². The number of aliphatic imine (C=N–C) groups is 1. The minimum Gasteiger partial charge on any atom is -0.870 e. The molecule has 0 unspecified atom stereocenters. The second-order valence-electron chi connectivity index (χ2n) is 35.1. The van der Waals surface area contributed by atoms with E-state index in [4.69, 9.17) is 46.6 Å². The van der Waals surface area contributed by atoms with Crippen molar-refractivity contribution in [2.24, 2.45) is 22.2 Å². The first-order valence-corrected chi connectivity index (χ1v) is 47.1. The largest absolute Gasteiger partial charge is 1.00 e. The summed E-state index contributed by atoms with van der Waals surface area (Å²) in [5, 5.41) is 21.5. The zero-order chi connectivity index (χ0) is 93.6. The Morgan fingerprint density at radius 3 is 1.08 bits per heavy atom. The summed E-state index contributed by atoms with van der Waals surface area (Å²) in [7, 11) is -5.70. The standard InChI is InChI=1S/C29H46N4O6S.C29H44N4O5S.C22H36N4O5S.C7H12O2.C2H6O.Li.2H2O/c1-8-9-10-11-12-25(34)31-29(26(30)35)14-16-33(17-15-29)40(37,38)18-13-24-21(2)19-23(20-22(24)3)32(7)27(36)39-28(4,5)6;1-8-9-10-11-12-25-30-26(34)29(31-25)14-16-33(17-15-29)39(36,37)18-13-24-21(2)19-23(20-22(24)3)32(7)27(35)38-28(4,5)6;1-15-13-17(25(6)20(28)31-21(3,4)5)14-16(2)18(15)7-12-32(29,30)26-10-8-22(24,9-11-26)19(23)27;1-2-3-4-5-6-7(8)9;1-2-3;;;/h8,19-20H,1,9-18H2,2-7H3,(H2,30,35)(H,31,34);8,19-20H,1,9-18H2,2-7H3,(H,30,31,34);13-14H,7-12,24H2,1-6H3,(H2,23,27);2H,1,3-6H2,(H,8,9);3H,2H2,1H3;;2*1H2/q;;;;;+1;;/p-1. The maximum atomic E-state index is 13.2. The van der Waals surface area contributed by atoms with Gasteiger partial charge < -0.3 is 63.2 Å². The molecule has 7 amide bonds. The summed E-state index contributed by atoms with van der Waals surface area (Å²) in [6.07, 6.45) is 15.7. The van der Waals surface area contributed by atoms with Gasteiger partial charge in [-0.15, -0.1) is 19.7 Å². The number of amides is 7. The summed E-state index contributed by atoms with van der Waals surface area (Å²) in [4.78, 5) is 105. The molecule has 0 saturated carbocycles. The Morgan fingerprint density at radius 1 is 0.516 bits per heavy atom. The molecule has 1 spiro atoms. The summed E-state index contributed by atoms with van der Waals surface area (Å²) in [6.45, 7) is 41.7. The first-order valence-electron chi connectivity index (χ1n) is 42.3. The number of hydrogen-bond acceptors (Lipinski definition) is 21. The fourth-order valence-corrected chi connectivity index (χ4v) is 18.7. The van der Waals surface area contributed by atoms with Crippen LogP contribution in [0.15, 0.2) is 79.4 Å². The average Bonchev–Trinajstić information content (AvgIpc) is 1.59. The van der Waals surface area contributed by atoms with Gasteiger partial charge in [0.25, 0.3) is 5.91 Å². The van der Waals surface area contributed by atoms with E-state index in [9.17, 15) is 63.6 Å². The summed E-state index contributed by atoms with van der Waals surface area (Å²) >= 11 is 0. The number of ether oxygens (including phenoxy) is 3. The number of piperidine rings is 3. The van der Waals surface area contributed by atoms with Crippen molar-refractivity contribution in [3.05, 3.63) is 124 Å². The van der Waals surface area contributed by atoms with E-state index in [0.717, 1.165) is 101 Å². The number of aliphatic hydroxyl groups is 1. The molecule has 0 bridgehead atoms. The van der Waals surface area contributed by atoms with Crippen LogP contribution in [0.1, 0.15) is 235 Å². The third-order valence-corrected chi connectivity index (χ3v) is 27.1. The normalized spacial score (nSPS) is 15.6. The van der Waals surface area contributed by atoms with Gasteiger partial charge in [0, 0.05) is 103 Å². The number of aliphatic hydroxyl groups excluding tert-OH is 1. The molecule has 0 aliphatic carbocycles. The Labute approximate surface area is 762 Å². The monoisotopic (exact) mass is 1820 g/mol. The number of nitrogens with two attached hydrogens (primary N) is 3. The number of anilines is 3. The maximum Gasteiger partial charge on any atom is 1.00 e. The number of carboxylic acids is 1. The van der Waals surface area contributed by atoms with Crippen molar-refractivity contribution in [1.29, 1.82) is 0 Å². The second kappa shape index (κ2) is 52.5. The number of amidine groups is 1. The number of sulfonamides is 3. The van der Waals surface area contributed by atoms with Gasteiger partial charge >= 0.3 is 43.1 Å². The van der Waals surface area contributed by atoms with Crippen molar-refractivity contribution < 1.29 is 118 Å². The number of benzene rings is 3. The molecule has 4 heterocycles. The van der Waals surface area contributed by atoms with Gasteiger partial charge in [0.1, 0.15) is 33.7 Å². The van der Waals surface area contributed by atoms with E-state index in [1.165, 1.54) is 27.6 Å². The molecule has 3 aromatic carbocycles. The molecule has 708 valence electrons. The van der Waals surface area contributed by atoms with Crippen LogP contribution in [0.25, 0.3) is 0 Å². The molecule has 3 saturated heterocycles. The van der Waals surface area contributed by atoms with Crippen molar-refractivity contribution in [2.75, 3.05) is 99.0 Å². The second-order valence-corrected chi connectivity index (χ2v) is 41.3. The van der Waals surface area contributed by atoms with Crippen LogP contribution in [0.2, 0.25) is 0 Å². The number of hydrogen-bond donors (Lipinski definition) is 7. The van der Waals surface area contributed by atoms with E-state index in [-0.39, 0.29) is 143 Å². The number of unbranched alkanes of at least 4 members (excludes halogenated alkanes) is 6. The van der Waals surface area contributed by atoms with Crippen LogP contribution in [-0.2, 0) is 87.5 Å². The number of primary amides is 2. The van der Waals surface area contributed by atoms with Crippen molar-refractivity contribution in [2.45, 2.75) is 279 Å². The van der Waals surface area contributed by atoms with E-state index < -0.39 is 99.6 Å². The van der Waals surface area contributed by atoms with E-state index in [2.05, 4.69) is 30.4 Å². The predicted molar refractivity (Wildman–Crippen MR) is 493 cm³/mol. The molecule has 0 aromatic heterocycles. The van der Waals surface area contributed by atoms with Crippen molar-refractivity contribution in [3.63, 3.8) is 0 Å². The number of carbonyl (C=O) groups excluding carboxylic acids is 7. The fourth-order valence-electron chi connectivity index (χ4n) is 14.3. The summed E-state index contributed by atoms with van der Waals surface area (Å²) < 4.78 is 99.2. The van der Waals surface area contributed by atoms with Gasteiger partial charge in [-0.3, -0.25) is 43.7 Å². The van der Waals surface area contributed by atoms with Gasteiger partial charge in [-0.2, -0.15) is 0 Å². The van der Waals surface area contributed by atoms with Crippen molar-refractivity contribution >= 4 is 101 Å². The fraction of sp³-hybridized carbons (Fsp3) is 0.629. The van der Waals surface area contributed by atoms with Crippen LogP contribution in [0.3, 0.4) is 0 Å². The van der Waals surface area contributed by atoms with Gasteiger partial charge in [-0.25, -0.2) is 52.6 Å². The summed E-state index contributed by atoms with van der Waals surface area (Å²) in [6, 6.07) is 11.2. The molecule has 4 aliphatic heterocycles. The predicted octanol–water partition coefficient (Wildman–Crippen LogP) is 8.03. The summed E-state index contributed by atoms with van der Waals surface area (Å²) in [5.74, 6) is -1.78. The Kier molecular flexibility index (Phi) is 49.1. The number of rotatable bonds is 33. The Balaban J connectivity index is 0.00000173. The molecule has 4 aliphatic rings. The number of carbonyl (C=O) groups is 8. The molecule has 3 fully saturated rings. The van der Waals surface area contributed by atoms with Gasteiger partial charge in [0.2, 0.25) is 47.8 Å². The van der Waals surface area contributed by atoms with Gasteiger partial charge in [0.15, 0.2) is 0 Å². The van der Waals surface area contributed by atoms with Crippen molar-refractivity contribution in [1.82, 2.24) is 23.5 Å². The molecule has 0 atom stereocenters. The smallest absolute Gasteiger partial charge is 0.870 e. The molecule has 37 heteroatoms. The van der Waals surface area contributed by atoms with E-state index in [0.29, 0.717) is 67.8 Å². The van der Waals surface area contributed by atoms with Crippen LogP contribution in [0.5, 0.6) is 0 Å². The topological polar surface area (TPSA) is 503 Å². The first kappa shape index (κ1) is 118. The maximum absolute atomic E-state index is 13.2. The average molecular weight is 1820 g/mol. The third kappa shape index (κ3) is 37.9. The Morgan fingerprint density at radius 2 is 0.802 bits per heavy atom. The zero-order valence-electron chi connectivity index (χ0n) is 78.6. The van der Waals surface area contributed by atoms with Gasteiger partial charge in [-0.05, 0) is 313 Å². The molecular formula is C89H147LiN12O21S3. The SMILES string of the molecule is C=CCCCCC(=O)NC1(C(N)=O)CCN(S(=O)(=O)CCc2c(C)cc(N(C)C(=O)OC(C)(C)C)cc2C)CC1.C=CCCCCC(=O)O.C=CCCCCC1=NC2(CCN(S(=O)(=O)CCc3c(C)cc(N(C)C(=O)OC(C)(C)C)cc3C)CC2)C(=O)N1.CCO.Cc1cc(N(C)C(=O)OC(C)(C)C)cc(C)c1CCS(=O)(=O)N1CCC(N)(C(N)=O)CC1.O.[Li+].[OH-]. The van der Waals surface area contributed by atoms with Crippen LogP contribution >= 0.6 is 0 Å². The van der Waals surface area contributed by atoms with Crippen LogP contribution < -0.4 is 61.4 Å². The minimum absolute atomic E-state index is 0. The zero-order valence-corrected chi connectivity index (χ0v) is 81.1. The number of nitrogens with zero attached hydrogens (tertiary/aromatic N) is 7. The molecular weight excluding hydrogens is 1680 g/mol. The molecule has 13 N–H and O–H groups in total. The Hall–Kier alpha value is -8.12. The van der Waals surface area contributed by atoms with Crippen LogP contribution in [-0.4, -0.2) is 231 Å². The number of aryl methyl sites for hydroxylation is 6. The molecule has 33 nitrogen and oxygen atoms in total. The number of aliphatic carboxylic acids is 1. The molecule has 3 aromatic rings. The van der Waals surface area contributed by atoms with Crippen molar-refractivity contribution in [3.8, 4) is 0 Å². The molecule has 7 rings (SSSR count). The molecule has 0 radical (unpaired) electrons. The van der Waals surface area contributed by atoms with E-state index >= 15 is 0 Å². The summed E-state index contributed by atoms with van der Waals surface area (Å²) in [5.41, 5.74) is 22.2. The molecule has 126 heavy (non-hydrogen) atoms. The van der Waals surface area contributed by atoms with Crippen LogP contribution in [0, 0.1) is 41.5 Å².